The van der Waals surface area contributed by atoms with Crippen molar-refractivity contribution in [2.24, 2.45) is 5.41 Å². The van der Waals surface area contributed by atoms with Gasteiger partial charge in [0.1, 0.15) is 17.9 Å². The number of hydrogen-bond acceptors (Lipinski definition) is 4. The van der Waals surface area contributed by atoms with Gasteiger partial charge in [0.05, 0.1) is 7.85 Å². The van der Waals surface area contributed by atoms with Gasteiger partial charge in [-0.3, -0.25) is 10.1 Å². The molecule has 0 bridgehead atoms. The predicted molar refractivity (Wildman–Crippen MR) is 99.1 cm³/mol. The highest BCUT2D eigenvalue weighted by Crippen LogP contribution is 2.44. The van der Waals surface area contributed by atoms with Crippen LogP contribution in [0.1, 0.15) is 81.6 Å². The van der Waals surface area contributed by atoms with E-state index in [2.05, 4.69) is 33.0 Å². The van der Waals surface area contributed by atoms with Gasteiger partial charge < -0.3 is 9.47 Å². The highest BCUT2D eigenvalue weighted by Gasteiger charge is 2.53. The first kappa shape index (κ1) is 21.5. The molecule has 1 heterocycles. The van der Waals surface area contributed by atoms with Crippen LogP contribution >= 0.6 is 0 Å². The van der Waals surface area contributed by atoms with E-state index in [0.717, 1.165) is 12.8 Å². The minimum Gasteiger partial charge on any atom is -0.460 e. The summed E-state index contributed by atoms with van der Waals surface area (Å²) >= 11 is 0. The van der Waals surface area contributed by atoms with E-state index >= 15 is 0 Å². The van der Waals surface area contributed by atoms with Crippen LogP contribution in [-0.2, 0) is 14.3 Å². The summed E-state index contributed by atoms with van der Waals surface area (Å²) < 4.78 is 11.5. The fourth-order valence-electron chi connectivity index (χ4n) is 4.01. The van der Waals surface area contributed by atoms with E-state index in [1.54, 1.807) is 0 Å². The van der Waals surface area contributed by atoms with Crippen molar-refractivity contribution >= 4 is 13.8 Å². The van der Waals surface area contributed by atoms with E-state index in [-0.39, 0.29) is 34.6 Å². The number of carbonyl (C=O) groups excluding carboxylic acids is 1. The van der Waals surface area contributed by atoms with E-state index in [1.165, 1.54) is 0 Å². The lowest BCUT2D eigenvalue weighted by Crippen LogP contribution is -2.45. The van der Waals surface area contributed by atoms with Crippen molar-refractivity contribution < 1.29 is 14.3 Å². The van der Waals surface area contributed by atoms with Crippen molar-refractivity contribution in [2.75, 3.05) is 0 Å². The molecule has 0 amide bonds. The Labute approximate surface area is 149 Å². The summed E-state index contributed by atoms with van der Waals surface area (Å²) in [5, 5.41) is 3.34. The lowest BCUT2D eigenvalue weighted by Gasteiger charge is -2.35. The average Bonchev–Trinajstić information content (AvgIpc) is 3.02. The van der Waals surface area contributed by atoms with Crippen molar-refractivity contribution in [3.63, 3.8) is 0 Å². The molecule has 2 radical (unpaired) electrons. The summed E-state index contributed by atoms with van der Waals surface area (Å²) in [6.45, 7) is 18.5. The fraction of sp³-hybridized carbons (Fsp3) is 0.947. The van der Waals surface area contributed by atoms with E-state index < -0.39 is 5.60 Å². The van der Waals surface area contributed by atoms with Crippen LogP contribution in [0.25, 0.3) is 0 Å². The first-order valence-corrected chi connectivity index (χ1v) is 9.01. The Hall–Kier alpha value is -0.545. The van der Waals surface area contributed by atoms with E-state index in [9.17, 15) is 4.79 Å². The molecule has 1 fully saturated rings. The van der Waals surface area contributed by atoms with Gasteiger partial charge in [0.15, 0.2) is 0 Å². The first-order chi connectivity index (χ1) is 10.6. The van der Waals surface area contributed by atoms with Crippen molar-refractivity contribution in [2.45, 2.75) is 110 Å². The molecule has 138 valence electrons. The Morgan fingerprint density at radius 2 is 1.62 bits per heavy atom. The summed E-state index contributed by atoms with van der Waals surface area (Å²) in [5.41, 5.74) is -0.691. The number of ether oxygens (including phenoxy) is 2. The molecule has 0 aromatic heterocycles. The number of nitrogens with one attached hydrogen (secondary N) is 1. The van der Waals surface area contributed by atoms with Crippen LogP contribution in [0.3, 0.4) is 0 Å². The van der Waals surface area contributed by atoms with Crippen molar-refractivity contribution in [3.8, 4) is 0 Å². The molecule has 0 aliphatic carbocycles. The van der Waals surface area contributed by atoms with Crippen molar-refractivity contribution in [1.82, 2.24) is 5.32 Å². The molecule has 1 aliphatic rings. The molecule has 24 heavy (non-hydrogen) atoms. The normalized spacial score (nSPS) is 22.4. The second-order valence-electron chi connectivity index (χ2n) is 9.92. The molecule has 1 rings (SSSR count). The third kappa shape index (κ3) is 7.14. The van der Waals surface area contributed by atoms with Gasteiger partial charge in [-0.15, -0.1) is 0 Å². The summed E-state index contributed by atoms with van der Waals surface area (Å²) in [4.78, 5) is 11.6. The topological polar surface area (TPSA) is 50.9 Å². The molecule has 1 saturated heterocycles. The van der Waals surface area contributed by atoms with Gasteiger partial charge in [-0.2, -0.15) is 0 Å². The van der Waals surface area contributed by atoms with E-state index in [4.69, 9.17) is 17.3 Å². The van der Waals surface area contributed by atoms with Crippen molar-refractivity contribution in [3.05, 3.63) is 0 Å². The molecule has 0 aromatic carbocycles. The lowest BCUT2D eigenvalue weighted by molar-refractivity contribution is -0.159. The Kier molecular flexibility index (Phi) is 6.26. The molecule has 1 N–H and O–H groups in total. The van der Waals surface area contributed by atoms with Crippen LogP contribution < -0.4 is 5.32 Å². The van der Waals surface area contributed by atoms with Crippen LogP contribution in [0.2, 0.25) is 5.31 Å². The van der Waals surface area contributed by atoms with E-state index in [1.807, 2.05) is 34.6 Å². The molecule has 5 heteroatoms. The fourth-order valence-corrected chi connectivity index (χ4v) is 4.01. The molecule has 0 aromatic rings. The van der Waals surface area contributed by atoms with Crippen LogP contribution in [0.5, 0.6) is 0 Å². The van der Waals surface area contributed by atoms with E-state index in [0.29, 0.717) is 6.42 Å². The molecule has 4 nitrogen and oxygen atoms in total. The summed E-state index contributed by atoms with van der Waals surface area (Å²) in [5.74, 6) is -0.159. The molecule has 2 unspecified atom stereocenters. The van der Waals surface area contributed by atoms with Gasteiger partial charge in [-0.05, 0) is 46.0 Å². The zero-order valence-corrected chi connectivity index (χ0v) is 17.1. The summed E-state index contributed by atoms with van der Waals surface area (Å²) in [6.07, 6.45) is 2.13. The second-order valence-corrected chi connectivity index (χ2v) is 9.92. The van der Waals surface area contributed by atoms with Gasteiger partial charge in [-0.1, -0.05) is 39.9 Å². The van der Waals surface area contributed by atoms with Gasteiger partial charge in [0.2, 0.25) is 0 Å². The van der Waals surface area contributed by atoms with Crippen LogP contribution in [-0.4, -0.2) is 37.3 Å². The summed E-state index contributed by atoms with van der Waals surface area (Å²) in [6, 6.07) is 0. The minimum atomic E-state index is -0.498. The Morgan fingerprint density at radius 1 is 1.08 bits per heavy atom. The average molecular weight is 337 g/mol. The zero-order valence-electron chi connectivity index (χ0n) is 17.1. The maximum atomic E-state index is 11.6. The first-order valence-electron chi connectivity index (χ1n) is 9.01. The SMILES string of the molecule is [B]C(C)(C)CC(C)(C)NC1OC1C(C)(C)CC(C)(C)OC(=O)CC. The molecule has 2 atom stereocenters. The number of rotatable bonds is 9. The molecular weight excluding hydrogens is 301 g/mol. The second kappa shape index (κ2) is 6.99. The van der Waals surface area contributed by atoms with Crippen LogP contribution in [0, 0.1) is 5.41 Å². The standard InChI is InChI=1S/C19H36BNO3/c1-10-13(22)24-19(8,9)11-16(2,3)14-15(23-14)21-18(6,7)12-17(4,5)20/h14-15,21H,10-12H2,1-9H3. The molecule has 0 saturated carbocycles. The molecule has 1 aliphatic heterocycles. The number of hydrogen-bond donors (Lipinski definition) is 1. The largest absolute Gasteiger partial charge is 0.460 e. The monoisotopic (exact) mass is 337 g/mol. The molecular formula is C19H36BNO3. The quantitative estimate of drug-likeness (QED) is 0.393. The highest BCUT2D eigenvalue weighted by molar-refractivity contribution is 6.14. The maximum absolute atomic E-state index is 11.6. The van der Waals surface area contributed by atoms with Crippen molar-refractivity contribution in [1.29, 1.82) is 0 Å². The zero-order chi connectivity index (χ0) is 19.0. The number of epoxide rings is 1. The maximum Gasteiger partial charge on any atom is 0.306 e. The minimum absolute atomic E-state index is 0.0232. The van der Waals surface area contributed by atoms with Gasteiger partial charge in [-0.25, -0.2) is 0 Å². The van der Waals surface area contributed by atoms with Gasteiger partial charge in [0.25, 0.3) is 0 Å². The highest BCUT2D eigenvalue weighted by atomic mass is 16.6. The van der Waals surface area contributed by atoms with Gasteiger partial charge >= 0.3 is 5.97 Å². The Balaban J connectivity index is 2.61. The Morgan fingerprint density at radius 3 is 2.08 bits per heavy atom. The predicted octanol–water partition coefficient (Wildman–Crippen LogP) is 3.98. The van der Waals surface area contributed by atoms with Gasteiger partial charge in [0, 0.05) is 12.0 Å². The lowest BCUT2D eigenvalue weighted by atomic mass is 9.66. The third-order valence-electron chi connectivity index (χ3n) is 4.25. The Bertz CT molecular complexity index is 452. The van der Waals surface area contributed by atoms with Crippen LogP contribution in [0.15, 0.2) is 0 Å². The molecule has 0 spiro atoms. The number of esters is 1. The smallest absolute Gasteiger partial charge is 0.306 e. The third-order valence-corrected chi connectivity index (χ3v) is 4.25. The number of carbonyl (C=O) groups is 1. The summed E-state index contributed by atoms with van der Waals surface area (Å²) in [7, 11) is 6.15. The van der Waals surface area contributed by atoms with Crippen LogP contribution in [0.4, 0.5) is 0 Å².